The highest BCUT2D eigenvalue weighted by atomic mass is 32.1. The Balaban J connectivity index is 1.02. The number of ether oxygens (including phenoxy) is 5. The van der Waals surface area contributed by atoms with E-state index in [0.29, 0.717) is 77.3 Å². The number of fused-ring (bicyclic) bond motifs is 8. The molecule has 5 aromatic carbocycles. The smallest absolute Gasteiger partial charge is 0.261 e. The number of aliphatic imine (C=N–C) groups is 1. The number of rotatable bonds is 15. The fourth-order valence-corrected chi connectivity index (χ4v) is 9.28. The monoisotopic (exact) mass is 895 g/mol. The van der Waals surface area contributed by atoms with Gasteiger partial charge in [-0.05, 0) is 91.9 Å². The topological polar surface area (TPSA) is 131 Å². The zero-order chi connectivity index (χ0) is 45.4. The molecule has 0 saturated heterocycles. The number of nitrogens with one attached hydrogen (secondary N) is 1. The number of anilines is 4. The first-order chi connectivity index (χ1) is 31.4. The van der Waals surface area contributed by atoms with Gasteiger partial charge in [0.1, 0.15) is 13.2 Å². The van der Waals surface area contributed by atoms with Gasteiger partial charge in [-0.2, -0.15) is 12.6 Å². The second-order valence-corrected chi connectivity index (χ2v) is 18.5. The van der Waals surface area contributed by atoms with Crippen molar-refractivity contribution in [3.8, 4) is 23.0 Å². The Morgan fingerprint density at radius 3 is 2.08 bits per heavy atom. The molecule has 0 unspecified atom stereocenters. The summed E-state index contributed by atoms with van der Waals surface area (Å²) < 4.78 is 29.7. The quantitative estimate of drug-likeness (QED) is 0.0784. The fourth-order valence-electron chi connectivity index (χ4n) is 9.14. The van der Waals surface area contributed by atoms with Gasteiger partial charge in [-0.25, -0.2) is 0 Å². The first-order valence-corrected chi connectivity index (χ1v) is 22.4. The lowest BCUT2D eigenvalue weighted by Crippen LogP contribution is -2.40. The highest BCUT2D eigenvalue weighted by molar-refractivity contribution is 7.81. The molecule has 0 radical (unpaired) electrons. The van der Waals surface area contributed by atoms with Gasteiger partial charge in [0.2, 0.25) is 5.91 Å². The van der Waals surface area contributed by atoms with E-state index in [2.05, 4.69) is 11.4 Å². The van der Waals surface area contributed by atoms with Crippen LogP contribution in [0, 0.1) is 0 Å². The van der Waals surface area contributed by atoms with Gasteiger partial charge in [0, 0.05) is 66.3 Å². The van der Waals surface area contributed by atoms with Crippen molar-refractivity contribution in [3.63, 3.8) is 0 Å². The second-order valence-electron chi connectivity index (χ2n) is 17.3. The Labute approximate surface area is 384 Å². The SMILES string of the molecule is CCOCCC(=O)N(CC(C)(C)S)c1cc(COc2cc3c(cc2OC)C(=O)N2c4ccccc4C[C@H]2C=N3)cc(COc2cc3c(cc2OC)C(=O)N2c4ccccc4C[C@H]2CN3)c1. The summed E-state index contributed by atoms with van der Waals surface area (Å²) in [4.78, 5) is 52.3. The highest BCUT2D eigenvalue weighted by Gasteiger charge is 2.39. The Morgan fingerprint density at radius 2 is 1.42 bits per heavy atom. The average molecular weight is 896 g/mol. The average Bonchev–Trinajstić information content (AvgIpc) is 3.79. The van der Waals surface area contributed by atoms with Crippen molar-refractivity contribution in [2.75, 3.05) is 60.5 Å². The maximum Gasteiger partial charge on any atom is 0.261 e. The minimum absolute atomic E-state index is 0.0238. The second kappa shape index (κ2) is 18.2. The van der Waals surface area contributed by atoms with Gasteiger partial charge in [0.15, 0.2) is 23.0 Å². The van der Waals surface area contributed by atoms with Crippen LogP contribution in [0.1, 0.15) is 70.2 Å². The fraction of sp³-hybridized carbons (Fsp3) is 0.333. The van der Waals surface area contributed by atoms with E-state index in [1.165, 1.54) is 0 Å². The summed E-state index contributed by atoms with van der Waals surface area (Å²) in [6, 6.07) is 28.5. The minimum Gasteiger partial charge on any atom is -0.493 e. The summed E-state index contributed by atoms with van der Waals surface area (Å²) in [6.45, 7) is 7.67. The molecule has 0 aromatic heterocycles. The number of para-hydroxylation sites is 2. The number of nitrogens with zero attached hydrogens (tertiary/aromatic N) is 4. The van der Waals surface area contributed by atoms with Gasteiger partial charge in [-0.1, -0.05) is 36.4 Å². The molecule has 1 N–H and O–H groups in total. The van der Waals surface area contributed by atoms with Crippen molar-refractivity contribution in [1.29, 1.82) is 0 Å². The molecular weight excluding hydrogens is 843 g/mol. The number of thiol groups is 1. The molecule has 5 aromatic rings. The number of hydrogen-bond donors (Lipinski definition) is 2. The van der Waals surface area contributed by atoms with Gasteiger partial charge >= 0.3 is 0 Å². The van der Waals surface area contributed by atoms with Gasteiger partial charge in [-0.3, -0.25) is 24.3 Å². The van der Waals surface area contributed by atoms with Crippen LogP contribution >= 0.6 is 12.6 Å². The zero-order valence-corrected chi connectivity index (χ0v) is 38.2. The molecule has 4 aliphatic heterocycles. The number of amides is 3. The predicted octanol–water partition coefficient (Wildman–Crippen LogP) is 8.61. The first kappa shape index (κ1) is 43.7. The van der Waals surface area contributed by atoms with E-state index in [4.69, 9.17) is 41.3 Å². The molecule has 13 nitrogen and oxygen atoms in total. The van der Waals surface area contributed by atoms with Crippen LogP contribution < -0.4 is 39.0 Å². The van der Waals surface area contributed by atoms with Crippen molar-refractivity contribution in [2.24, 2.45) is 4.99 Å². The molecule has 336 valence electrons. The van der Waals surface area contributed by atoms with Crippen LogP contribution in [0.2, 0.25) is 0 Å². The molecule has 0 fully saturated rings. The third-order valence-corrected chi connectivity index (χ3v) is 12.3. The van der Waals surface area contributed by atoms with Gasteiger partial charge in [-0.15, -0.1) is 0 Å². The summed E-state index contributed by atoms with van der Waals surface area (Å²) in [7, 11) is 3.09. The lowest BCUT2D eigenvalue weighted by molar-refractivity contribution is -0.119. The Bertz CT molecular complexity index is 2700. The Hall–Kier alpha value is -6.51. The third-order valence-electron chi connectivity index (χ3n) is 12.1. The predicted molar refractivity (Wildman–Crippen MR) is 256 cm³/mol. The van der Waals surface area contributed by atoms with Crippen molar-refractivity contribution in [1.82, 2.24) is 0 Å². The third kappa shape index (κ3) is 8.84. The maximum absolute atomic E-state index is 14.1. The van der Waals surface area contributed by atoms with E-state index in [9.17, 15) is 14.4 Å². The van der Waals surface area contributed by atoms with Crippen molar-refractivity contribution < 1.29 is 38.1 Å². The summed E-state index contributed by atoms with van der Waals surface area (Å²) in [6.07, 6.45) is 3.46. The molecule has 4 heterocycles. The molecule has 4 aliphatic rings. The highest BCUT2D eigenvalue weighted by Crippen LogP contribution is 2.43. The van der Waals surface area contributed by atoms with E-state index < -0.39 is 4.75 Å². The van der Waals surface area contributed by atoms with E-state index >= 15 is 0 Å². The summed E-state index contributed by atoms with van der Waals surface area (Å²) in [5, 5.41) is 3.50. The lowest BCUT2D eigenvalue weighted by atomic mass is 10.1. The van der Waals surface area contributed by atoms with E-state index in [1.54, 1.807) is 42.2 Å². The number of methoxy groups -OCH3 is 2. The number of hydrogen-bond acceptors (Lipinski definition) is 11. The first-order valence-electron chi connectivity index (χ1n) is 22.0. The standard InChI is InChI=1S/C51H53N5O8S/c1-6-62-16-15-48(57)54(30-51(2,3)65)35-18-31(28-63-46-24-40-38(22-44(46)60-4)49(58)55-36(26-52-40)20-33-11-7-9-13-42(33)55)17-32(19-35)29-64-47-25-41-39(23-45(47)61-5)50(59)56-37(27-53-41)21-34-12-8-10-14-43(34)56/h7-14,17-19,22-26,36-37,53,65H,6,15-16,20-21,27-30H2,1-5H3/t36-,37-/m0/s1. The van der Waals surface area contributed by atoms with E-state index in [1.807, 2.05) is 98.6 Å². The van der Waals surface area contributed by atoms with Crippen LogP contribution in [0.5, 0.6) is 23.0 Å². The molecule has 14 heteroatoms. The van der Waals surface area contributed by atoms with Crippen LogP contribution in [0.15, 0.2) is 96.0 Å². The molecule has 3 amide bonds. The summed E-state index contributed by atoms with van der Waals surface area (Å²) >= 11 is 4.83. The van der Waals surface area contributed by atoms with Gasteiger partial charge in [0.25, 0.3) is 11.8 Å². The van der Waals surface area contributed by atoms with Gasteiger partial charge < -0.3 is 38.8 Å². The molecule has 0 aliphatic carbocycles. The van der Waals surface area contributed by atoms with Crippen LogP contribution in [0.3, 0.4) is 0 Å². The molecule has 0 spiro atoms. The molecule has 9 rings (SSSR count). The molecule has 0 saturated carbocycles. The Morgan fingerprint density at radius 1 is 0.800 bits per heavy atom. The minimum atomic E-state index is -0.536. The molecule has 65 heavy (non-hydrogen) atoms. The zero-order valence-electron chi connectivity index (χ0n) is 37.3. The largest absolute Gasteiger partial charge is 0.493 e. The summed E-state index contributed by atoms with van der Waals surface area (Å²) in [5.74, 6) is 1.28. The van der Waals surface area contributed by atoms with Gasteiger partial charge in [0.05, 0.1) is 61.8 Å². The van der Waals surface area contributed by atoms with Crippen molar-refractivity contribution in [3.05, 3.63) is 124 Å². The molecular formula is C51H53N5O8S. The van der Waals surface area contributed by atoms with Crippen molar-refractivity contribution in [2.45, 2.75) is 70.1 Å². The number of benzene rings is 5. The number of carbonyl (C=O) groups excluding carboxylic acids is 3. The van der Waals surface area contributed by atoms with E-state index in [-0.39, 0.29) is 56.0 Å². The molecule has 0 bridgehead atoms. The van der Waals surface area contributed by atoms with Crippen LogP contribution in [-0.4, -0.2) is 81.3 Å². The molecule has 2 atom stereocenters. The van der Waals surface area contributed by atoms with Crippen LogP contribution in [0.25, 0.3) is 0 Å². The van der Waals surface area contributed by atoms with Crippen LogP contribution in [0.4, 0.5) is 28.4 Å². The maximum atomic E-state index is 14.1. The number of carbonyl (C=O) groups is 3. The van der Waals surface area contributed by atoms with Crippen molar-refractivity contribution >= 4 is 65.0 Å². The van der Waals surface area contributed by atoms with Crippen LogP contribution in [-0.2, 0) is 35.6 Å². The normalized spacial score (nSPS) is 16.8. The summed E-state index contributed by atoms with van der Waals surface area (Å²) in [5.41, 5.74) is 8.26. The lowest BCUT2D eigenvalue weighted by Gasteiger charge is -2.30. The Kier molecular flexibility index (Phi) is 12.2. The van der Waals surface area contributed by atoms with E-state index in [0.717, 1.165) is 40.0 Å².